The smallest absolute Gasteiger partial charge is 0.281 e. The van der Waals surface area contributed by atoms with E-state index in [-0.39, 0.29) is 22.8 Å². The van der Waals surface area contributed by atoms with Crippen molar-refractivity contribution in [2.45, 2.75) is 20.8 Å². The number of aromatic hydroxyl groups is 1. The van der Waals surface area contributed by atoms with E-state index < -0.39 is 11.8 Å². The molecule has 0 aliphatic carbocycles. The fourth-order valence-corrected chi connectivity index (χ4v) is 2.80. The normalized spacial score (nSPS) is 11.6. The Bertz CT molecular complexity index is 990. The summed E-state index contributed by atoms with van der Waals surface area (Å²) in [5.74, 6) is -0.663. The molecule has 2 aromatic heterocycles. The molecule has 0 atom stereocenters. The number of hydrogen-bond donors (Lipinski definition) is 2. The summed E-state index contributed by atoms with van der Waals surface area (Å²) in [4.78, 5) is 0. The van der Waals surface area contributed by atoms with Crippen LogP contribution in [0.5, 0.6) is 5.75 Å². The van der Waals surface area contributed by atoms with Crippen LogP contribution in [0.4, 0.5) is 8.78 Å². The van der Waals surface area contributed by atoms with E-state index in [0.717, 1.165) is 12.3 Å². The zero-order valence-corrected chi connectivity index (χ0v) is 13.7. The largest absolute Gasteiger partial charge is 0.508 e. The molecular formula is C17H15F2N3O3. The lowest BCUT2D eigenvalue weighted by Gasteiger charge is -2.10. The molecule has 0 aliphatic rings. The topological polar surface area (TPSA) is 83.8 Å². The van der Waals surface area contributed by atoms with Gasteiger partial charge in [0.05, 0.1) is 17.6 Å². The molecule has 2 heterocycles. The van der Waals surface area contributed by atoms with E-state index in [0.29, 0.717) is 22.5 Å². The van der Waals surface area contributed by atoms with Gasteiger partial charge in [-0.3, -0.25) is 0 Å². The van der Waals surface area contributed by atoms with E-state index in [2.05, 4.69) is 10.3 Å². The lowest BCUT2D eigenvalue weighted by atomic mass is 10.0. The van der Waals surface area contributed by atoms with Crippen molar-refractivity contribution < 1.29 is 23.5 Å². The second-order valence-electron chi connectivity index (χ2n) is 5.57. The van der Waals surface area contributed by atoms with Crippen molar-refractivity contribution in [2.75, 3.05) is 0 Å². The zero-order valence-electron chi connectivity index (χ0n) is 13.7. The van der Waals surface area contributed by atoms with Gasteiger partial charge in [-0.1, -0.05) is 5.16 Å². The van der Waals surface area contributed by atoms with Gasteiger partial charge in [0.25, 0.3) is 6.01 Å². The standard InChI is InChI=1S/C17H15F2N3O3/c1-8-15(10(3)25-17(8)19)16-12(7-20-24)9(2)21-22(16)14-5-4-11(23)6-13(14)18/h4-7,23-24H,1-3H3. The Morgan fingerprint density at radius 2 is 1.96 bits per heavy atom. The van der Waals surface area contributed by atoms with Gasteiger partial charge in [-0.15, -0.1) is 0 Å². The first-order valence-electron chi connectivity index (χ1n) is 7.37. The number of aromatic nitrogens is 2. The van der Waals surface area contributed by atoms with Crippen LogP contribution in [0.2, 0.25) is 0 Å². The van der Waals surface area contributed by atoms with Crippen molar-refractivity contribution in [2.24, 2.45) is 5.16 Å². The van der Waals surface area contributed by atoms with Gasteiger partial charge in [-0.05, 0) is 32.9 Å². The van der Waals surface area contributed by atoms with Gasteiger partial charge in [0.1, 0.15) is 17.2 Å². The second kappa shape index (κ2) is 6.04. The van der Waals surface area contributed by atoms with Crippen LogP contribution >= 0.6 is 0 Å². The van der Waals surface area contributed by atoms with Gasteiger partial charge >= 0.3 is 0 Å². The third kappa shape index (κ3) is 2.65. The average Bonchev–Trinajstić information content (AvgIpc) is 2.97. The van der Waals surface area contributed by atoms with Gasteiger partial charge in [0, 0.05) is 22.8 Å². The molecule has 0 amide bonds. The highest BCUT2D eigenvalue weighted by atomic mass is 19.1. The Morgan fingerprint density at radius 3 is 2.52 bits per heavy atom. The second-order valence-corrected chi connectivity index (χ2v) is 5.57. The molecule has 0 fully saturated rings. The molecule has 3 aromatic rings. The van der Waals surface area contributed by atoms with Crippen LogP contribution in [0.3, 0.4) is 0 Å². The number of nitrogens with zero attached hydrogens (tertiary/aromatic N) is 3. The van der Waals surface area contributed by atoms with E-state index in [1.54, 1.807) is 13.8 Å². The van der Waals surface area contributed by atoms with E-state index in [4.69, 9.17) is 9.62 Å². The summed E-state index contributed by atoms with van der Waals surface area (Å²) in [5, 5.41) is 25.7. The third-order valence-corrected chi connectivity index (χ3v) is 3.95. The molecule has 0 saturated heterocycles. The van der Waals surface area contributed by atoms with E-state index >= 15 is 0 Å². The molecule has 8 heteroatoms. The molecule has 25 heavy (non-hydrogen) atoms. The van der Waals surface area contributed by atoms with Crippen LogP contribution in [0, 0.1) is 32.6 Å². The van der Waals surface area contributed by atoms with Crippen LogP contribution in [0.15, 0.2) is 27.8 Å². The van der Waals surface area contributed by atoms with Crippen molar-refractivity contribution >= 4 is 6.21 Å². The number of hydrogen-bond acceptors (Lipinski definition) is 5. The molecule has 2 N–H and O–H groups in total. The Balaban J connectivity index is 2.40. The Labute approximate surface area is 141 Å². The number of phenolic OH excluding ortho intramolecular Hbond substituents is 1. The zero-order chi connectivity index (χ0) is 18.3. The Morgan fingerprint density at radius 1 is 1.24 bits per heavy atom. The van der Waals surface area contributed by atoms with Gasteiger partial charge < -0.3 is 14.7 Å². The number of oxime groups is 1. The van der Waals surface area contributed by atoms with E-state index in [1.165, 1.54) is 23.7 Å². The number of furan rings is 1. The van der Waals surface area contributed by atoms with Crippen molar-refractivity contribution in [3.8, 4) is 22.7 Å². The first kappa shape index (κ1) is 16.7. The Hall–Kier alpha value is -3.16. The number of rotatable bonds is 3. The van der Waals surface area contributed by atoms with Gasteiger partial charge in [0.15, 0.2) is 5.82 Å². The predicted octanol–water partition coefficient (Wildman–Crippen LogP) is 3.85. The molecular weight excluding hydrogens is 332 g/mol. The molecule has 0 aliphatic heterocycles. The molecule has 0 radical (unpaired) electrons. The summed E-state index contributed by atoms with van der Waals surface area (Å²) in [5.41, 5.74) is 1.82. The molecule has 3 rings (SSSR count). The molecule has 0 saturated carbocycles. The monoisotopic (exact) mass is 347 g/mol. The number of phenols is 1. The van der Waals surface area contributed by atoms with Crippen molar-refractivity contribution in [1.29, 1.82) is 0 Å². The maximum Gasteiger partial charge on any atom is 0.281 e. The third-order valence-electron chi connectivity index (χ3n) is 3.95. The van der Waals surface area contributed by atoms with Crippen LogP contribution in [0.1, 0.15) is 22.6 Å². The summed E-state index contributed by atoms with van der Waals surface area (Å²) >= 11 is 0. The van der Waals surface area contributed by atoms with E-state index in [1.807, 2.05) is 0 Å². The minimum absolute atomic E-state index is 0.0499. The molecule has 0 unspecified atom stereocenters. The summed E-state index contributed by atoms with van der Waals surface area (Å²) in [7, 11) is 0. The number of benzene rings is 1. The van der Waals surface area contributed by atoms with Gasteiger partial charge in [-0.25, -0.2) is 9.07 Å². The average molecular weight is 347 g/mol. The lowest BCUT2D eigenvalue weighted by Crippen LogP contribution is -2.03. The summed E-state index contributed by atoms with van der Waals surface area (Å²) in [6.07, 6.45) is 1.15. The fourth-order valence-electron chi connectivity index (χ4n) is 2.80. The summed E-state index contributed by atoms with van der Waals surface area (Å²) in [6.45, 7) is 4.75. The number of aryl methyl sites for hydroxylation is 2. The molecule has 6 nitrogen and oxygen atoms in total. The van der Waals surface area contributed by atoms with Crippen LogP contribution in [-0.4, -0.2) is 26.3 Å². The minimum atomic E-state index is -0.754. The van der Waals surface area contributed by atoms with Gasteiger partial charge in [-0.2, -0.15) is 9.49 Å². The Kier molecular flexibility index (Phi) is 4.03. The lowest BCUT2D eigenvalue weighted by molar-refractivity contribution is 0.322. The molecule has 130 valence electrons. The maximum atomic E-state index is 14.4. The summed E-state index contributed by atoms with van der Waals surface area (Å²) in [6, 6.07) is 2.86. The fraction of sp³-hybridized carbons (Fsp3) is 0.176. The van der Waals surface area contributed by atoms with Crippen LogP contribution < -0.4 is 0 Å². The molecule has 0 bridgehead atoms. The maximum absolute atomic E-state index is 14.4. The highest BCUT2D eigenvalue weighted by Crippen LogP contribution is 2.36. The van der Waals surface area contributed by atoms with Crippen molar-refractivity contribution in [3.63, 3.8) is 0 Å². The first-order chi connectivity index (χ1) is 11.8. The van der Waals surface area contributed by atoms with Gasteiger partial charge in [0.2, 0.25) is 0 Å². The van der Waals surface area contributed by atoms with Crippen LogP contribution in [0.25, 0.3) is 16.9 Å². The van der Waals surface area contributed by atoms with E-state index in [9.17, 15) is 13.9 Å². The minimum Gasteiger partial charge on any atom is -0.508 e. The summed E-state index contributed by atoms with van der Waals surface area (Å²) < 4.78 is 34.6. The van der Waals surface area contributed by atoms with Crippen molar-refractivity contribution in [1.82, 2.24) is 9.78 Å². The SMILES string of the molecule is Cc1nn(-c2ccc(O)cc2F)c(-c2c(C)oc(F)c2C)c1C=NO. The first-order valence-corrected chi connectivity index (χ1v) is 7.37. The highest BCUT2D eigenvalue weighted by molar-refractivity contribution is 5.91. The molecule has 0 spiro atoms. The number of halogens is 2. The molecule has 1 aromatic carbocycles. The van der Waals surface area contributed by atoms with Crippen LogP contribution in [-0.2, 0) is 0 Å². The predicted molar refractivity (Wildman–Crippen MR) is 86.4 cm³/mol. The van der Waals surface area contributed by atoms with Crippen molar-refractivity contribution in [3.05, 3.63) is 52.6 Å². The highest BCUT2D eigenvalue weighted by Gasteiger charge is 2.26. The quantitative estimate of drug-likeness (QED) is 0.428.